The van der Waals surface area contributed by atoms with Crippen molar-refractivity contribution in [1.29, 1.82) is 0 Å². The highest BCUT2D eigenvalue weighted by Crippen LogP contribution is 2.63. The second kappa shape index (κ2) is 8.83. The van der Waals surface area contributed by atoms with E-state index in [1.165, 1.54) is 0 Å². The lowest BCUT2D eigenvalue weighted by Crippen LogP contribution is -2.40. The molecule has 0 fully saturated rings. The highest BCUT2D eigenvalue weighted by atomic mass is 31.2. The molecule has 0 aliphatic carbocycles. The summed E-state index contributed by atoms with van der Waals surface area (Å²) in [7, 11) is -3.29. The number of rotatable bonds is 9. The molecular formula is C17H30NO3P. The second-order valence-corrected chi connectivity index (χ2v) is 7.88. The van der Waals surface area contributed by atoms with Crippen molar-refractivity contribution in [2.75, 3.05) is 13.2 Å². The molecule has 0 heterocycles. The molecule has 1 aromatic rings. The van der Waals surface area contributed by atoms with Crippen LogP contribution in [0.15, 0.2) is 30.3 Å². The maximum Gasteiger partial charge on any atom is 0.352 e. The van der Waals surface area contributed by atoms with Crippen molar-refractivity contribution < 1.29 is 13.6 Å². The fourth-order valence-electron chi connectivity index (χ4n) is 2.84. The molecule has 1 rings (SSSR count). The summed E-state index contributed by atoms with van der Waals surface area (Å²) < 4.78 is 24.8. The van der Waals surface area contributed by atoms with Crippen LogP contribution in [0, 0.1) is 0 Å². The third kappa shape index (κ3) is 4.66. The van der Waals surface area contributed by atoms with Crippen molar-refractivity contribution in [2.24, 2.45) is 0 Å². The van der Waals surface area contributed by atoms with Crippen LogP contribution < -0.4 is 0 Å². The zero-order chi connectivity index (χ0) is 16.8. The van der Waals surface area contributed by atoms with Gasteiger partial charge in [0.25, 0.3) is 0 Å². The number of nitrogens with zero attached hydrogens (tertiary/aromatic N) is 1. The van der Waals surface area contributed by atoms with Crippen molar-refractivity contribution in [3.63, 3.8) is 0 Å². The molecular weight excluding hydrogens is 297 g/mol. The van der Waals surface area contributed by atoms with Crippen LogP contribution in [0.25, 0.3) is 0 Å². The Morgan fingerprint density at radius 1 is 0.955 bits per heavy atom. The quantitative estimate of drug-likeness (QED) is 0.594. The van der Waals surface area contributed by atoms with E-state index in [2.05, 4.69) is 32.6 Å². The molecule has 22 heavy (non-hydrogen) atoms. The summed E-state index contributed by atoms with van der Waals surface area (Å²) in [5.74, 6) is -0.395. The Balaban J connectivity index is 3.41. The Labute approximate surface area is 135 Å². The second-order valence-electron chi connectivity index (χ2n) is 5.79. The predicted molar refractivity (Wildman–Crippen MR) is 92.2 cm³/mol. The SMILES string of the molecule is CCOP(=O)(OCC)C(c1ccccc1)N(C(C)C)C(C)C. The lowest BCUT2D eigenvalue weighted by atomic mass is 10.1. The van der Waals surface area contributed by atoms with Crippen molar-refractivity contribution in [3.8, 4) is 0 Å². The minimum Gasteiger partial charge on any atom is -0.308 e. The van der Waals surface area contributed by atoms with Crippen LogP contribution in [-0.4, -0.2) is 30.2 Å². The van der Waals surface area contributed by atoms with Crippen molar-refractivity contribution >= 4 is 7.60 Å². The summed E-state index contributed by atoms with van der Waals surface area (Å²) in [5.41, 5.74) is 0.968. The molecule has 0 spiro atoms. The smallest absolute Gasteiger partial charge is 0.308 e. The average molecular weight is 327 g/mol. The van der Waals surface area contributed by atoms with Gasteiger partial charge >= 0.3 is 7.60 Å². The van der Waals surface area contributed by atoms with Gasteiger partial charge < -0.3 is 9.05 Å². The van der Waals surface area contributed by atoms with E-state index in [0.717, 1.165) is 5.56 Å². The fourth-order valence-corrected chi connectivity index (χ4v) is 5.32. The molecule has 0 bridgehead atoms. The van der Waals surface area contributed by atoms with E-state index in [1.807, 2.05) is 44.2 Å². The lowest BCUT2D eigenvalue weighted by molar-refractivity contribution is 0.114. The molecule has 0 saturated carbocycles. The minimum atomic E-state index is -3.29. The molecule has 0 aliphatic rings. The summed E-state index contributed by atoms with van der Waals surface area (Å²) in [6.07, 6.45) is 0. The first-order valence-electron chi connectivity index (χ1n) is 8.08. The van der Waals surface area contributed by atoms with E-state index in [9.17, 15) is 4.57 Å². The van der Waals surface area contributed by atoms with Crippen molar-refractivity contribution in [2.45, 2.75) is 59.4 Å². The van der Waals surface area contributed by atoms with Crippen LogP contribution >= 0.6 is 7.60 Å². The van der Waals surface area contributed by atoms with E-state index in [-0.39, 0.29) is 12.1 Å². The summed E-state index contributed by atoms with van der Waals surface area (Å²) in [6, 6.07) is 10.3. The number of hydrogen-bond donors (Lipinski definition) is 0. The standard InChI is InChI=1S/C17H30NO3P/c1-7-20-22(19,21-8-2)17(16-12-10-9-11-13-16)18(14(3)4)15(5)6/h9-15,17H,7-8H2,1-6H3. The first-order chi connectivity index (χ1) is 10.4. The third-order valence-corrected chi connectivity index (χ3v) is 5.89. The van der Waals surface area contributed by atoms with E-state index in [4.69, 9.17) is 9.05 Å². The van der Waals surface area contributed by atoms with Gasteiger partial charge in [-0.15, -0.1) is 0 Å². The molecule has 1 unspecified atom stereocenters. The van der Waals surface area contributed by atoms with Crippen LogP contribution in [0.2, 0.25) is 0 Å². The molecule has 0 amide bonds. The summed E-state index contributed by atoms with van der Waals surface area (Å²) in [5, 5.41) is 0. The summed E-state index contributed by atoms with van der Waals surface area (Å²) >= 11 is 0. The van der Waals surface area contributed by atoms with E-state index in [1.54, 1.807) is 0 Å². The molecule has 0 saturated heterocycles. The summed E-state index contributed by atoms with van der Waals surface area (Å²) in [6.45, 7) is 12.9. The Bertz CT molecular complexity index is 458. The van der Waals surface area contributed by atoms with Gasteiger partial charge in [-0.3, -0.25) is 9.46 Å². The highest BCUT2D eigenvalue weighted by Gasteiger charge is 2.42. The normalized spacial score (nSPS) is 14.0. The molecule has 0 N–H and O–H groups in total. The Kier molecular flexibility index (Phi) is 7.78. The molecule has 0 aliphatic heterocycles. The third-order valence-electron chi connectivity index (χ3n) is 3.49. The molecule has 126 valence electrons. The Hall–Kier alpha value is -0.670. The van der Waals surface area contributed by atoms with Gasteiger partial charge in [0.2, 0.25) is 0 Å². The molecule has 4 nitrogen and oxygen atoms in total. The Morgan fingerprint density at radius 2 is 1.41 bits per heavy atom. The van der Waals surface area contributed by atoms with Gasteiger partial charge in [-0.2, -0.15) is 0 Å². The van der Waals surface area contributed by atoms with Crippen LogP contribution in [0.1, 0.15) is 52.9 Å². The zero-order valence-electron chi connectivity index (χ0n) is 14.7. The Morgan fingerprint density at radius 3 is 1.77 bits per heavy atom. The van der Waals surface area contributed by atoms with Crippen LogP contribution in [0.4, 0.5) is 0 Å². The molecule has 1 atom stereocenters. The fraction of sp³-hybridized carbons (Fsp3) is 0.647. The summed E-state index contributed by atoms with van der Waals surface area (Å²) in [4.78, 5) is 2.21. The van der Waals surface area contributed by atoms with E-state index >= 15 is 0 Å². The van der Waals surface area contributed by atoms with Gasteiger partial charge in [0.05, 0.1) is 13.2 Å². The van der Waals surface area contributed by atoms with Crippen molar-refractivity contribution in [1.82, 2.24) is 4.90 Å². The van der Waals surface area contributed by atoms with E-state index in [0.29, 0.717) is 13.2 Å². The van der Waals surface area contributed by atoms with Gasteiger partial charge in [0, 0.05) is 12.1 Å². The zero-order valence-corrected chi connectivity index (χ0v) is 15.5. The largest absolute Gasteiger partial charge is 0.352 e. The predicted octanol–water partition coefficient (Wildman–Crippen LogP) is 5.07. The highest BCUT2D eigenvalue weighted by molar-refractivity contribution is 7.54. The number of benzene rings is 1. The van der Waals surface area contributed by atoms with Gasteiger partial charge in [-0.1, -0.05) is 30.3 Å². The monoisotopic (exact) mass is 327 g/mol. The van der Waals surface area contributed by atoms with Gasteiger partial charge in [0.15, 0.2) is 0 Å². The molecule has 5 heteroatoms. The molecule has 1 aromatic carbocycles. The topological polar surface area (TPSA) is 38.8 Å². The van der Waals surface area contributed by atoms with Crippen molar-refractivity contribution in [3.05, 3.63) is 35.9 Å². The average Bonchev–Trinajstić information content (AvgIpc) is 2.45. The van der Waals surface area contributed by atoms with Gasteiger partial charge in [0.1, 0.15) is 5.78 Å². The maximum absolute atomic E-state index is 13.5. The molecule has 0 radical (unpaired) electrons. The van der Waals surface area contributed by atoms with E-state index < -0.39 is 13.4 Å². The van der Waals surface area contributed by atoms with Crippen LogP contribution in [0.3, 0.4) is 0 Å². The van der Waals surface area contributed by atoms with Gasteiger partial charge in [-0.05, 0) is 47.1 Å². The maximum atomic E-state index is 13.5. The first-order valence-corrected chi connectivity index (χ1v) is 9.69. The van der Waals surface area contributed by atoms with Crippen LogP contribution in [0.5, 0.6) is 0 Å². The lowest BCUT2D eigenvalue weighted by Gasteiger charge is -2.41. The van der Waals surface area contributed by atoms with Crippen LogP contribution in [-0.2, 0) is 13.6 Å². The van der Waals surface area contributed by atoms with Gasteiger partial charge in [-0.25, -0.2) is 0 Å². The number of hydrogen-bond acceptors (Lipinski definition) is 4. The molecule has 0 aromatic heterocycles. The first kappa shape index (κ1) is 19.4. The minimum absolute atomic E-state index is 0.222.